The summed E-state index contributed by atoms with van der Waals surface area (Å²) in [6.07, 6.45) is 3.02. The molecule has 1 aliphatic heterocycles. The van der Waals surface area contributed by atoms with E-state index < -0.39 is 5.60 Å². The highest BCUT2D eigenvalue weighted by Crippen LogP contribution is 2.45. The molecule has 5 nitrogen and oxygen atoms in total. The fraction of sp³-hybridized carbons (Fsp3) is 0.389. The summed E-state index contributed by atoms with van der Waals surface area (Å²) in [5, 5.41) is 17.5. The minimum absolute atomic E-state index is 0.0123. The molecule has 2 atom stereocenters. The topological polar surface area (TPSA) is 65.5 Å². The Hall–Kier alpha value is -3.25. The minimum Gasteiger partial charge on any atom is -0.385 e. The SMILES string of the molecule is CCCC(O)(c1cccc(Cl)c1-c1ccc2cccc(C(C)C)c2n1)C1CCCN(C(=O)c2ccc(CNC)cc2)C1. The van der Waals surface area contributed by atoms with Gasteiger partial charge in [-0.25, -0.2) is 4.98 Å². The average Bonchev–Trinajstić information content (AvgIpc) is 3.00. The molecule has 1 saturated heterocycles. The first-order valence-electron chi connectivity index (χ1n) is 15.2. The zero-order chi connectivity index (χ0) is 29.9. The predicted molar refractivity (Wildman–Crippen MR) is 173 cm³/mol. The largest absolute Gasteiger partial charge is 0.385 e. The first-order chi connectivity index (χ1) is 20.3. The lowest BCUT2D eigenvalue weighted by molar-refractivity contribution is -0.0556. The molecule has 6 heteroatoms. The molecule has 2 unspecified atom stereocenters. The summed E-state index contributed by atoms with van der Waals surface area (Å²) in [6, 6.07) is 24.0. The second-order valence-corrected chi connectivity index (χ2v) is 12.3. The van der Waals surface area contributed by atoms with Gasteiger partial charge in [0.1, 0.15) is 0 Å². The van der Waals surface area contributed by atoms with E-state index in [2.05, 4.69) is 50.4 Å². The van der Waals surface area contributed by atoms with Crippen molar-refractivity contribution in [3.05, 3.63) is 100 Å². The number of piperidine rings is 1. The molecule has 2 N–H and O–H groups in total. The van der Waals surface area contributed by atoms with Crippen molar-refractivity contribution in [1.82, 2.24) is 15.2 Å². The lowest BCUT2D eigenvalue weighted by Crippen LogP contribution is -2.48. The summed E-state index contributed by atoms with van der Waals surface area (Å²) < 4.78 is 0. The molecule has 42 heavy (non-hydrogen) atoms. The van der Waals surface area contributed by atoms with Crippen LogP contribution in [-0.2, 0) is 12.1 Å². The molecule has 2 heterocycles. The average molecular weight is 584 g/mol. The molecule has 1 aromatic heterocycles. The van der Waals surface area contributed by atoms with Gasteiger partial charge in [0, 0.05) is 42.1 Å². The maximum Gasteiger partial charge on any atom is 0.253 e. The monoisotopic (exact) mass is 583 g/mol. The van der Waals surface area contributed by atoms with Gasteiger partial charge in [0.2, 0.25) is 0 Å². The van der Waals surface area contributed by atoms with E-state index in [1.165, 1.54) is 5.56 Å². The number of carbonyl (C=O) groups excluding carboxylic acids is 1. The van der Waals surface area contributed by atoms with Gasteiger partial charge < -0.3 is 15.3 Å². The van der Waals surface area contributed by atoms with E-state index in [9.17, 15) is 9.90 Å². The Bertz CT molecular complexity index is 1550. The van der Waals surface area contributed by atoms with Crippen LogP contribution in [0.1, 0.15) is 79.4 Å². The van der Waals surface area contributed by atoms with E-state index in [0.29, 0.717) is 36.0 Å². The Morgan fingerprint density at radius 1 is 1.10 bits per heavy atom. The predicted octanol–water partition coefficient (Wildman–Crippen LogP) is 7.94. The van der Waals surface area contributed by atoms with Crippen LogP contribution in [0.25, 0.3) is 22.2 Å². The standard InChI is InChI=1S/C36H42ClN3O2/c1-5-20-36(42,28-10-8-21-40(23-28)35(41)27-16-14-25(15-17-27)22-38-4)30-12-7-13-31(37)33(30)32-19-18-26-9-6-11-29(24(2)3)34(26)39-32/h6-7,9,11-19,24,28,38,42H,5,8,10,20-23H2,1-4H3. The number of aromatic nitrogens is 1. The maximum atomic E-state index is 13.6. The normalized spacial score (nSPS) is 17.0. The number of carbonyl (C=O) groups is 1. The molecule has 0 aliphatic carbocycles. The highest BCUT2D eigenvalue weighted by molar-refractivity contribution is 6.33. The van der Waals surface area contributed by atoms with Crippen molar-refractivity contribution in [2.45, 2.75) is 64.5 Å². The number of fused-ring (bicyclic) bond motifs is 1. The number of aliphatic hydroxyl groups is 1. The third-order valence-corrected chi connectivity index (χ3v) is 9.02. The Morgan fingerprint density at radius 3 is 2.57 bits per heavy atom. The van der Waals surface area contributed by atoms with Crippen LogP contribution in [0.4, 0.5) is 0 Å². The molecule has 0 saturated carbocycles. The van der Waals surface area contributed by atoms with Crippen molar-refractivity contribution in [2.75, 3.05) is 20.1 Å². The summed E-state index contributed by atoms with van der Waals surface area (Å²) in [5.74, 6) is 0.199. The third-order valence-electron chi connectivity index (χ3n) is 8.71. The molecule has 0 spiro atoms. The van der Waals surface area contributed by atoms with Crippen LogP contribution in [0.2, 0.25) is 5.02 Å². The van der Waals surface area contributed by atoms with Gasteiger partial charge in [0.15, 0.2) is 0 Å². The van der Waals surface area contributed by atoms with Crippen LogP contribution in [0.3, 0.4) is 0 Å². The summed E-state index contributed by atoms with van der Waals surface area (Å²) in [5.41, 5.74) is 5.13. The third kappa shape index (κ3) is 5.96. The molecular weight excluding hydrogens is 542 g/mol. The molecule has 1 amide bonds. The minimum atomic E-state index is -1.17. The molecule has 3 aromatic carbocycles. The summed E-state index contributed by atoms with van der Waals surface area (Å²) >= 11 is 6.94. The number of hydrogen-bond donors (Lipinski definition) is 2. The number of halogens is 1. The zero-order valence-corrected chi connectivity index (χ0v) is 25.9. The van der Waals surface area contributed by atoms with Crippen molar-refractivity contribution in [2.24, 2.45) is 5.92 Å². The van der Waals surface area contributed by atoms with Crippen molar-refractivity contribution < 1.29 is 9.90 Å². The van der Waals surface area contributed by atoms with E-state index >= 15 is 0 Å². The van der Waals surface area contributed by atoms with E-state index in [1.54, 1.807) is 0 Å². The van der Waals surface area contributed by atoms with Crippen molar-refractivity contribution in [3.8, 4) is 11.3 Å². The Morgan fingerprint density at radius 2 is 1.86 bits per heavy atom. The Balaban J connectivity index is 1.53. The first kappa shape index (κ1) is 30.2. The van der Waals surface area contributed by atoms with Crippen LogP contribution in [-0.4, -0.2) is 41.0 Å². The Kier molecular flexibility index (Phi) is 9.32. The molecule has 1 aliphatic rings. The molecule has 0 bridgehead atoms. The number of nitrogens with one attached hydrogen (secondary N) is 1. The van der Waals surface area contributed by atoms with Crippen molar-refractivity contribution in [3.63, 3.8) is 0 Å². The van der Waals surface area contributed by atoms with Gasteiger partial charge in [-0.3, -0.25) is 4.79 Å². The number of amides is 1. The first-order valence-corrected chi connectivity index (χ1v) is 15.6. The molecule has 220 valence electrons. The number of hydrogen-bond acceptors (Lipinski definition) is 4. The number of benzene rings is 3. The van der Waals surface area contributed by atoms with Gasteiger partial charge in [-0.05, 0) is 73.2 Å². The van der Waals surface area contributed by atoms with Crippen LogP contribution in [0.5, 0.6) is 0 Å². The van der Waals surface area contributed by atoms with Gasteiger partial charge in [-0.2, -0.15) is 0 Å². The van der Waals surface area contributed by atoms with Gasteiger partial charge >= 0.3 is 0 Å². The van der Waals surface area contributed by atoms with Crippen LogP contribution >= 0.6 is 11.6 Å². The summed E-state index contributed by atoms with van der Waals surface area (Å²) in [7, 11) is 1.91. The van der Waals surface area contributed by atoms with Gasteiger partial charge in [-0.1, -0.05) is 87.3 Å². The molecule has 5 rings (SSSR count). The second kappa shape index (κ2) is 12.9. The summed E-state index contributed by atoms with van der Waals surface area (Å²) in [6.45, 7) is 8.38. The van der Waals surface area contributed by atoms with Gasteiger partial charge in [0.05, 0.1) is 21.8 Å². The van der Waals surface area contributed by atoms with E-state index in [-0.39, 0.29) is 11.8 Å². The van der Waals surface area contributed by atoms with Crippen LogP contribution < -0.4 is 5.32 Å². The number of rotatable bonds is 9. The highest BCUT2D eigenvalue weighted by Gasteiger charge is 2.43. The molecule has 4 aromatic rings. The number of nitrogens with zero attached hydrogens (tertiary/aromatic N) is 2. The van der Waals surface area contributed by atoms with E-state index in [0.717, 1.165) is 59.1 Å². The van der Waals surface area contributed by atoms with Crippen molar-refractivity contribution >= 4 is 28.4 Å². The zero-order valence-electron chi connectivity index (χ0n) is 25.2. The second-order valence-electron chi connectivity index (χ2n) is 11.9. The maximum absolute atomic E-state index is 13.6. The smallest absolute Gasteiger partial charge is 0.253 e. The van der Waals surface area contributed by atoms with Gasteiger partial charge in [0.25, 0.3) is 5.91 Å². The fourth-order valence-electron chi connectivity index (χ4n) is 6.56. The highest BCUT2D eigenvalue weighted by atomic mass is 35.5. The van der Waals surface area contributed by atoms with Crippen LogP contribution in [0.15, 0.2) is 72.8 Å². The van der Waals surface area contributed by atoms with E-state index in [4.69, 9.17) is 16.6 Å². The quantitative estimate of drug-likeness (QED) is 0.210. The summed E-state index contributed by atoms with van der Waals surface area (Å²) in [4.78, 5) is 20.6. The van der Waals surface area contributed by atoms with Crippen LogP contribution in [0, 0.1) is 5.92 Å². The van der Waals surface area contributed by atoms with Crippen molar-refractivity contribution in [1.29, 1.82) is 0 Å². The van der Waals surface area contributed by atoms with Gasteiger partial charge in [-0.15, -0.1) is 0 Å². The lowest BCUT2D eigenvalue weighted by atomic mass is 9.72. The molecular formula is C36H42ClN3O2. The van der Waals surface area contributed by atoms with E-state index in [1.807, 2.05) is 60.5 Å². The molecule has 1 fully saturated rings. The lowest BCUT2D eigenvalue weighted by Gasteiger charge is -2.43. The molecule has 0 radical (unpaired) electrons. The Labute approximate surface area is 254 Å². The number of likely N-dealkylation sites (tertiary alicyclic amines) is 1. The number of pyridine rings is 1. The fourth-order valence-corrected chi connectivity index (χ4v) is 6.83. The number of para-hydroxylation sites is 1.